The summed E-state index contributed by atoms with van der Waals surface area (Å²) in [5.41, 5.74) is -1.82. The number of nitrogens with one attached hydrogen (secondary N) is 3. The molecular formula is C27H41BN6O12P2. The van der Waals surface area contributed by atoms with Gasteiger partial charge in [0.25, 0.3) is 5.91 Å². The minimum atomic E-state index is -5.36. The van der Waals surface area contributed by atoms with Gasteiger partial charge >= 0.3 is 28.4 Å². The molecule has 18 nitrogen and oxygen atoms in total. The van der Waals surface area contributed by atoms with Crippen molar-refractivity contribution in [2.24, 2.45) is 5.92 Å². The van der Waals surface area contributed by atoms with Crippen molar-refractivity contribution in [3.63, 3.8) is 0 Å². The zero-order valence-corrected chi connectivity index (χ0v) is 28.2. The number of aromatic nitrogens is 2. The molecule has 1 saturated heterocycles. The zero-order valence-electron chi connectivity index (χ0n) is 26.5. The van der Waals surface area contributed by atoms with Gasteiger partial charge < -0.3 is 44.3 Å². The van der Waals surface area contributed by atoms with E-state index in [0.29, 0.717) is 19.5 Å². The summed E-state index contributed by atoms with van der Waals surface area (Å²) in [4.78, 5) is 84.9. The molecule has 1 aliphatic rings. The number of nitrogens with zero attached hydrogens (tertiary/aromatic N) is 3. The van der Waals surface area contributed by atoms with Crippen LogP contribution in [0.2, 0.25) is 0 Å². The molecule has 1 aliphatic heterocycles. The van der Waals surface area contributed by atoms with E-state index >= 15 is 0 Å². The number of carbonyl (C=O) groups excluding carboxylic acids is 3. The Morgan fingerprint density at radius 1 is 0.979 bits per heavy atom. The average molecular weight is 714 g/mol. The molecule has 0 radical (unpaired) electrons. The van der Waals surface area contributed by atoms with Crippen LogP contribution >= 0.6 is 15.2 Å². The van der Waals surface area contributed by atoms with Crippen LogP contribution in [0.5, 0.6) is 0 Å². The fourth-order valence-corrected chi connectivity index (χ4v) is 6.84. The van der Waals surface area contributed by atoms with Crippen molar-refractivity contribution in [3.05, 3.63) is 60.2 Å². The van der Waals surface area contributed by atoms with Gasteiger partial charge in [0.1, 0.15) is 18.3 Å². The molecule has 1 aromatic heterocycles. The van der Waals surface area contributed by atoms with Crippen molar-refractivity contribution in [3.8, 4) is 0 Å². The highest BCUT2D eigenvalue weighted by molar-refractivity contribution is 7.70. The lowest BCUT2D eigenvalue weighted by Crippen LogP contribution is -2.57. The average Bonchev–Trinajstić information content (AvgIpc) is 2.99. The molecule has 2 aromatic rings. The largest absolute Gasteiger partial charge is 0.480 e. The zero-order chi connectivity index (χ0) is 35.3. The maximum absolute atomic E-state index is 13.7. The molecule has 3 rings (SSSR count). The Morgan fingerprint density at radius 3 is 2.19 bits per heavy atom. The highest BCUT2D eigenvalue weighted by atomic mass is 31.2. The van der Waals surface area contributed by atoms with Gasteiger partial charge in [-0.25, -0.2) is 9.78 Å². The first-order chi connectivity index (χ1) is 22.6. The molecule has 48 heavy (non-hydrogen) atoms. The van der Waals surface area contributed by atoms with Gasteiger partial charge in [0.15, 0.2) is 0 Å². The van der Waals surface area contributed by atoms with Crippen molar-refractivity contribution in [1.82, 2.24) is 30.8 Å². The Kier molecular flexibility index (Phi) is 15.1. The van der Waals surface area contributed by atoms with E-state index in [-0.39, 0.29) is 44.4 Å². The Hall–Kier alpha value is -3.25. The summed E-state index contributed by atoms with van der Waals surface area (Å²) >= 11 is 0. The molecule has 0 saturated carbocycles. The molecule has 1 aromatic carbocycles. The molecule has 0 aliphatic carbocycles. The maximum Gasteiger partial charge on any atom is 0.480 e. The lowest BCUT2D eigenvalue weighted by molar-refractivity contribution is -0.123. The van der Waals surface area contributed by atoms with E-state index in [2.05, 4.69) is 20.6 Å². The number of ether oxygens (including phenoxy) is 1. The fraction of sp³-hybridized carbons (Fsp3) is 0.519. The topological polar surface area (TPSA) is 259 Å². The quantitative estimate of drug-likeness (QED) is 0.0953. The third-order valence-electron chi connectivity index (χ3n) is 6.99. The van der Waals surface area contributed by atoms with Crippen molar-refractivity contribution >= 4 is 40.2 Å². The van der Waals surface area contributed by atoms with Crippen LogP contribution in [0.25, 0.3) is 0 Å². The van der Waals surface area contributed by atoms with Gasteiger partial charge in [-0.1, -0.05) is 44.2 Å². The lowest BCUT2D eigenvalue weighted by atomic mass is 9.73. The predicted octanol–water partition coefficient (Wildman–Crippen LogP) is 0.0900. The number of hydrogen-bond donors (Lipinski definition) is 7. The van der Waals surface area contributed by atoms with Gasteiger partial charge in [-0.05, 0) is 17.9 Å². The summed E-state index contributed by atoms with van der Waals surface area (Å²) in [6.45, 7) is 4.92. The summed E-state index contributed by atoms with van der Waals surface area (Å²) in [5, 5.41) is 7.30. The number of rotatable bonds is 15. The first kappa shape index (κ1) is 39.2. The van der Waals surface area contributed by atoms with E-state index in [0.717, 1.165) is 5.56 Å². The second-order valence-electron chi connectivity index (χ2n) is 11.3. The number of alkyl carbamates (subject to hydrolysis) is 1. The van der Waals surface area contributed by atoms with Crippen molar-refractivity contribution < 1.29 is 57.1 Å². The molecule has 2 atom stereocenters. The fourth-order valence-electron chi connectivity index (χ4n) is 4.73. The molecule has 1 fully saturated rings. The molecule has 1 unspecified atom stereocenters. The molecular weight excluding hydrogens is 673 g/mol. The van der Waals surface area contributed by atoms with Crippen LogP contribution in [0.15, 0.2) is 48.9 Å². The summed E-state index contributed by atoms with van der Waals surface area (Å²) < 4.78 is 39.6. The molecule has 21 heteroatoms. The molecule has 2 heterocycles. The second kappa shape index (κ2) is 18.5. The Balaban J connectivity index is 1.58. The predicted molar refractivity (Wildman–Crippen MR) is 171 cm³/mol. The van der Waals surface area contributed by atoms with Crippen LogP contribution < -0.4 is 16.0 Å². The van der Waals surface area contributed by atoms with Crippen LogP contribution in [0.4, 0.5) is 4.79 Å². The summed E-state index contributed by atoms with van der Waals surface area (Å²) in [7, 11) is -11.5. The number of carbonyl (C=O) groups is 3. The highest BCUT2D eigenvalue weighted by Gasteiger charge is 2.45. The summed E-state index contributed by atoms with van der Waals surface area (Å²) in [6.07, 6.45) is 3.44. The standard InChI is InChI=1S/C27H41BN6O12P2/c1-19(2)16-23(32-24(35)21(17-20-6-4-3-5-7-20)31-25(36)22-18-29-8-9-30-22)28-45-14-11-34(12-15-46-28)10-13-44-26(37)33-27(47(38,39)40)48(41,42)43/h3-9,18-19,21,23,27H,10-17H2,1-2H3,(H,31,36)(H,32,35)(H,33,37)(H2,38,39,40)(H2,41,42,43)/t21-,23?/m0/s1. The monoisotopic (exact) mass is 714 g/mol. The normalized spacial score (nSPS) is 16.0. The minimum absolute atomic E-state index is 0.0656. The first-order valence-electron chi connectivity index (χ1n) is 15.0. The highest BCUT2D eigenvalue weighted by Crippen LogP contribution is 2.58. The van der Waals surface area contributed by atoms with E-state index < -0.39 is 57.7 Å². The van der Waals surface area contributed by atoms with Crippen LogP contribution in [0.1, 0.15) is 36.3 Å². The Labute approximate surface area is 277 Å². The van der Waals surface area contributed by atoms with E-state index in [9.17, 15) is 23.5 Å². The third-order valence-corrected chi connectivity index (χ3v) is 10.3. The second-order valence-corrected chi connectivity index (χ2v) is 15.1. The molecule has 0 bridgehead atoms. The van der Waals surface area contributed by atoms with Crippen molar-refractivity contribution in [2.75, 3.05) is 39.5 Å². The van der Waals surface area contributed by atoms with Crippen LogP contribution in [0, 0.1) is 5.92 Å². The van der Waals surface area contributed by atoms with Crippen LogP contribution in [0.3, 0.4) is 0 Å². The van der Waals surface area contributed by atoms with Gasteiger partial charge in [-0.3, -0.25) is 33.9 Å². The molecule has 7 N–H and O–H groups in total. The van der Waals surface area contributed by atoms with Gasteiger partial charge in [0, 0.05) is 51.7 Å². The van der Waals surface area contributed by atoms with Gasteiger partial charge in [-0.2, -0.15) is 0 Å². The van der Waals surface area contributed by atoms with Crippen LogP contribution in [-0.2, 0) is 34.4 Å². The minimum Gasteiger partial charge on any atom is -0.448 e. The molecule has 264 valence electrons. The number of amides is 3. The van der Waals surface area contributed by atoms with E-state index in [1.165, 1.54) is 23.9 Å². The van der Waals surface area contributed by atoms with E-state index in [4.69, 9.17) is 33.6 Å². The Bertz CT molecular complexity index is 1400. The van der Waals surface area contributed by atoms with E-state index in [1.807, 2.05) is 49.1 Å². The van der Waals surface area contributed by atoms with Crippen LogP contribution in [-0.4, -0.2) is 116 Å². The van der Waals surface area contributed by atoms with Crippen molar-refractivity contribution in [1.29, 1.82) is 0 Å². The molecule has 3 amide bonds. The number of benzene rings is 1. The van der Waals surface area contributed by atoms with E-state index in [1.54, 1.807) is 0 Å². The Morgan fingerprint density at radius 2 is 1.62 bits per heavy atom. The first-order valence-corrected chi connectivity index (χ1v) is 18.4. The SMILES string of the molecule is CC(C)CC(NC(=O)[C@H](Cc1ccccc1)NC(=O)c1cnccn1)B1OCCN(CCOC(=O)NC(P(=O)(O)O)P(=O)(O)O)CCO1. The van der Waals surface area contributed by atoms with Gasteiger partial charge in [-0.15, -0.1) is 0 Å². The maximum atomic E-state index is 13.7. The lowest BCUT2D eigenvalue weighted by Gasteiger charge is -2.32. The number of hydrogen-bond acceptors (Lipinski definition) is 11. The third kappa shape index (κ3) is 13.3. The smallest absolute Gasteiger partial charge is 0.448 e. The summed E-state index contributed by atoms with van der Waals surface area (Å²) in [5.74, 6) is -1.42. The van der Waals surface area contributed by atoms with Crippen molar-refractivity contribution in [2.45, 2.75) is 44.2 Å². The molecule has 0 spiro atoms. The van der Waals surface area contributed by atoms with Gasteiger partial charge in [0.05, 0.1) is 12.1 Å². The van der Waals surface area contributed by atoms with Gasteiger partial charge in [0.2, 0.25) is 11.4 Å². The summed E-state index contributed by atoms with van der Waals surface area (Å²) in [6, 6.07) is 8.29.